The molecule has 4 fully saturated rings. The first-order valence-electron chi connectivity index (χ1n) is 19.7. The molecule has 4 unspecified atom stereocenters. The first kappa shape index (κ1) is 36.5. The van der Waals surface area contributed by atoms with Crippen molar-refractivity contribution >= 4 is 11.8 Å². The predicted octanol–water partition coefficient (Wildman–Crippen LogP) is 9.29. The Morgan fingerprint density at radius 1 is 0.537 bits per heavy atom. The molecule has 2 amide bonds. The first-order chi connectivity index (χ1) is 26.0. The smallest absolute Gasteiger partial charge is 0.248 e. The van der Waals surface area contributed by atoms with Crippen molar-refractivity contribution in [2.24, 2.45) is 11.8 Å². The van der Waals surface area contributed by atoms with Crippen molar-refractivity contribution in [3.63, 3.8) is 0 Å². The van der Waals surface area contributed by atoms with Gasteiger partial charge in [0.25, 0.3) is 0 Å². The van der Waals surface area contributed by atoms with Gasteiger partial charge in [-0.1, -0.05) is 61.4 Å². The van der Waals surface area contributed by atoms with E-state index in [1.54, 1.807) is 0 Å². The van der Waals surface area contributed by atoms with E-state index in [2.05, 4.69) is 69.1 Å². The van der Waals surface area contributed by atoms with Crippen molar-refractivity contribution in [3.8, 4) is 33.6 Å². The molecular weight excluding hydrogens is 696 g/mol. The van der Waals surface area contributed by atoms with E-state index >= 15 is 0 Å². The lowest BCUT2D eigenvalue weighted by molar-refractivity contribution is -0.131. The van der Waals surface area contributed by atoms with Crippen molar-refractivity contribution in [3.05, 3.63) is 72.6 Å². The maximum Gasteiger partial charge on any atom is 0.248 e. The van der Waals surface area contributed by atoms with Gasteiger partial charge >= 0.3 is 0 Å². The molecule has 4 aliphatic rings. The third kappa shape index (κ3) is 7.98. The van der Waals surface area contributed by atoms with Gasteiger partial charge in [0.2, 0.25) is 23.7 Å². The molecule has 4 N–H and O–H groups in total. The zero-order chi connectivity index (χ0) is 37.5. The fourth-order valence-corrected chi connectivity index (χ4v) is 9.15. The Kier molecular flexibility index (Phi) is 10.1. The van der Waals surface area contributed by atoms with Gasteiger partial charge in [-0.2, -0.15) is 0 Å². The number of benzene rings is 2. The number of hydrogen-bond acceptors (Lipinski definition) is 4. The number of imidazole rings is 2. The molecule has 4 aromatic rings. The van der Waals surface area contributed by atoms with Crippen molar-refractivity contribution in [1.29, 1.82) is 0 Å². The van der Waals surface area contributed by atoms with E-state index in [0.717, 1.165) is 83.8 Å². The van der Waals surface area contributed by atoms with Gasteiger partial charge in [0, 0.05) is 61.4 Å². The number of halogens is 4. The lowest BCUT2D eigenvalue weighted by atomic mass is 9.86. The second-order valence-corrected chi connectivity index (χ2v) is 16.1. The van der Waals surface area contributed by atoms with Gasteiger partial charge in [-0.25, -0.2) is 27.5 Å². The summed E-state index contributed by atoms with van der Waals surface area (Å²) in [4.78, 5) is 42.2. The minimum Gasteiger partial charge on any atom is -0.352 e. The number of aromatic amines is 2. The van der Waals surface area contributed by atoms with Crippen LogP contribution in [0.25, 0.3) is 33.6 Å². The summed E-state index contributed by atoms with van der Waals surface area (Å²) in [6.45, 7) is 0. The highest BCUT2D eigenvalue weighted by Crippen LogP contribution is 2.40. The average Bonchev–Trinajstić information content (AvgIpc) is 4.00. The molecule has 0 radical (unpaired) electrons. The number of carbonyl (C=O) groups excluding carboxylic acids is 2. The average molecular weight is 745 g/mol. The lowest BCUT2D eigenvalue weighted by Gasteiger charge is -2.29. The number of nitrogens with one attached hydrogen (secondary N) is 4. The summed E-state index contributed by atoms with van der Waals surface area (Å²) in [5.41, 5.74) is 5.94. The van der Waals surface area contributed by atoms with Crippen LogP contribution >= 0.6 is 0 Å². The molecule has 2 heterocycles. The van der Waals surface area contributed by atoms with Gasteiger partial charge in [0.05, 0.1) is 23.8 Å². The molecule has 0 saturated heterocycles. The van der Waals surface area contributed by atoms with E-state index in [1.807, 2.05) is 12.4 Å². The van der Waals surface area contributed by atoms with Crippen LogP contribution in [-0.2, 0) is 9.59 Å². The number of H-pyrrole nitrogens is 2. The molecule has 0 bridgehead atoms. The molecule has 0 aliphatic heterocycles. The molecule has 8 nitrogen and oxygen atoms in total. The fraction of sp³-hybridized carbons (Fsp3) is 0.524. The number of rotatable bonds is 9. The highest BCUT2D eigenvalue weighted by Gasteiger charge is 2.41. The largest absolute Gasteiger partial charge is 0.352 e. The molecular formula is C42H48F4N6O2. The summed E-state index contributed by atoms with van der Waals surface area (Å²) >= 11 is 0. The van der Waals surface area contributed by atoms with Crippen molar-refractivity contribution in [1.82, 2.24) is 30.6 Å². The van der Waals surface area contributed by atoms with Crippen LogP contribution in [0.3, 0.4) is 0 Å². The quantitative estimate of drug-likeness (QED) is 0.128. The Hall–Kier alpha value is -4.48. The number of nitrogens with zero attached hydrogens (tertiary/aromatic N) is 2. The molecule has 2 aromatic heterocycles. The van der Waals surface area contributed by atoms with E-state index in [4.69, 9.17) is 9.97 Å². The number of aromatic nitrogens is 4. The third-order valence-corrected chi connectivity index (χ3v) is 12.5. The molecule has 8 rings (SSSR count). The van der Waals surface area contributed by atoms with E-state index in [9.17, 15) is 27.2 Å². The Morgan fingerprint density at radius 2 is 0.889 bits per heavy atom. The van der Waals surface area contributed by atoms with Crippen LogP contribution in [0.1, 0.15) is 113 Å². The van der Waals surface area contributed by atoms with Gasteiger partial charge in [0.15, 0.2) is 0 Å². The number of hydrogen-bond donors (Lipinski definition) is 4. The standard InChI is InChI=1S/C42H48F4N6O2/c43-41(44)19-15-29(16-20-41)39(53)51-33-5-1-3-31(33)37-47-23-35(49-37)27-11-7-25(8-12-27)26-9-13-28(14-10-26)36-24-48-38(50-36)32-4-2-6-34(32)52-40(54)30-17-21-42(45,46)22-18-30/h7-14,23-24,29-34H,1-6,15-22H2,(H,47,49)(H,48,50)(H,51,53)(H,52,54). The lowest BCUT2D eigenvalue weighted by Crippen LogP contribution is -2.42. The summed E-state index contributed by atoms with van der Waals surface area (Å²) in [6.07, 6.45) is 9.16. The predicted molar refractivity (Wildman–Crippen MR) is 198 cm³/mol. The molecule has 54 heavy (non-hydrogen) atoms. The molecule has 4 saturated carbocycles. The number of alkyl halides is 4. The van der Waals surface area contributed by atoms with Crippen LogP contribution in [0.15, 0.2) is 60.9 Å². The van der Waals surface area contributed by atoms with Gasteiger partial charge in [-0.15, -0.1) is 0 Å². The maximum atomic E-state index is 13.6. The van der Waals surface area contributed by atoms with E-state index in [1.165, 1.54) is 0 Å². The Morgan fingerprint density at radius 3 is 1.26 bits per heavy atom. The van der Waals surface area contributed by atoms with Crippen LogP contribution in [0.4, 0.5) is 17.6 Å². The summed E-state index contributed by atoms with van der Waals surface area (Å²) in [6, 6.07) is 16.5. The summed E-state index contributed by atoms with van der Waals surface area (Å²) < 4.78 is 54.4. The van der Waals surface area contributed by atoms with Gasteiger partial charge < -0.3 is 20.6 Å². The third-order valence-electron chi connectivity index (χ3n) is 12.5. The first-order valence-corrected chi connectivity index (χ1v) is 19.7. The SMILES string of the molecule is O=C(NC1CCCC1c1ncc(-c2ccc(-c3ccc(-c4cnc(C5CCCC5NC(=O)C5CCC(F)(F)CC5)[nH]4)cc3)cc2)[nH]1)C1CCC(F)(F)CC1. The number of carbonyl (C=O) groups is 2. The molecule has 0 spiro atoms. The Balaban J connectivity index is 0.867. The monoisotopic (exact) mass is 744 g/mol. The molecule has 4 atom stereocenters. The van der Waals surface area contributed by atoms with Crippen LogP contribution in [0.5, 0.6) is 0 Å². The Labute approximate surface area is 312 Å². The second-order valence-electron chi connectivity index (χ2n) is 16.1. The zero-order valence-corrected chi connectivity index (χ0v) is 30.4. The maximum absolute atomic E-state index is 13.6. The minimum atomic E-state index is -2.65. The zero-order valence-electron chi connectivity index (χ0n) is 30.4. The summed E-state index contributed by atoms with van der Waals surface area (Å²) in [5, 5.41) is 6.33. The van der Waals surface area contributed by atoms with Crippen molar-refractivity contribution in [2.45, 2.75) is 126 Å². The summed E-state index contributed by atoms with van der Waals surface area (Å²) in [7, 11) is 0. The van der Waals surface area contributed by atoms with Crippen molar-refractivity contribution < 1.29 is 27.2 Å². The van der Waals surface area contributed by atoms with E-state index in [-0.39, 0.29) is 98.9 Å². The van der Waals surface area contributed by atoms with Crippen LogP contribution in [-0.4, -0.2) is 55.7 Å². The van der Waals surface area contributed by atoms with Crippen LogP contribution in [0, 0.1) is 11.8 Å². The molecule has 2 aromatic carbocycles. The van der Waals surface area contributed by atoms with Gasteiger partial charge in [0.1, 0.15) is 11.6 Å². The highest BCUT2D eigenvalue weighted by molar-refractivity contribution is 5.80. The molecule has 286 valence electrons. The van der Waals surface area contributed by atoms with E-state index < -0.39 is 11.8 Å². The summed E-state index contributed by atoms with van der Waals surface area (Å²) in [5.74, 6) is -4.42. The van der Waals surface area contributed by atoms with E-state index in [0.29, 0.717) is 0 Å². The number of amides is 2. The Bertz CT molecular complexity index is 1780. The molecule has 12 heteroatoms. The minimum absolute atomic E-state index is 0.0571. The second kappa shape index (κ2) is 15.0. The fourth-order valence-electron chi connectivity index (χ4n) is 9.15. The topological polar surface area (TPSA) is 116 Å². The van der Waals surface area contributed by atoms with Crippen molar-refractivity contribution in [2.75, 3.05) is 0 Å². The normalized spacial score (nSPS) is 25.8. The van der Waals surface area contributed by atoms with Crippen LogP contribution in [0.2, 0.25) is 0 Å². The highest BCUT2D eigenvalue weighted by atomic mass is 19.3. The van der Waals surface area contributed by atoms with Gasteiger partial charge in [-0.05, 0) is 73.6 Å². The van der Waals surface area contributed by atoms with Crippen LogP contribution < -0.4 is 10.6 Å². The molecule has 4 aliphatic carbocycles. The van der Waals surface area contributed by atoms with Gasteiger partial charge in [-0.3, -0.25) is 9.59 Å².